The van der Waals surface area contributed by atoms with Crippen molar-refractivity contribution in [1.29, 1.82) is 0 Å². The van der Waals surface area contributed by atoms with Gasteiger partial charge in [-0.05, 0) is 13.0 Å². The van der Waals surface area contributed by atoms with Gasteiger partial charge in [-0.15, -0.1) is 0 Å². The molecule has 4 nitrogen and oxygen atoms in total. The summed E-state index contributed by atoms with van der Waals surface area (Å²) in [7, 11) is 0. The third-order valence-electron chi connectivity index (χ3n) is 1.89. The lowest BCUT2D eigenvalue weighted by Crippen LogP contribution is -1.88. The molecule has 14 heavy (non-hydrogen) atoms. The first kappa shape index (κ1) is 8.62. The SMILES string of the molecule is Cc1cc(-c2cnccc2C=O)no1. The molecule has 0 unspecified atom stereocenters. The maximum Gasteiger partial charge on any atom is 0.150 e. The molecule has 2 rings (SSSR count). The van der Waals surface area contributed by atoms with Crippen molar-refractivity contribution in [2.75, 3.05) is 0 Å². The van der Waals surface area contributed by atoms with Crippen LogP contribution in [-0.4, -0.2) is 16.4 Å². The van der Waals surface area contributed by atoms with Gasteiger partial charge in [0.15, 0.2) is 6.29 Å². The van der Waals surface area contributed by atoms with Gasteiger partial charge < -0.3 is 4.52 Å². The predicted octanol–water partition coefficient (Wildman–Crippen LogP) is 1.86. The van der Waals surface area contributed by atoms with Gasteiger partial charge in [0, 0.05) is 29.6 Å². The van der Waals surface area contributed by atoms with E-state index in [1.165, 1.54) is 0 Å². The smallest absolute Gasteiger partial charge is 0.150 e. The van der Waals surface area contributed by atoms with E-state index in [1.807, 2.05) is 0 Å². The van der Waals surface area contributed by atoms with E-state index in [0.29, 0.717) is 22.6 Å². The number of pyridine rings is 1. The summed E-state index contributed by atoms with van der Waals surface area (Å²) in [6, 6.07) is 3.41. The second-order valence-corrected chi connectivity index (χ2v) is 2.90. The van der Waals surface area contributed by atoms with Crippen LogP contribution in [0.1, 0.15) is 16.1 Å². The van der Waals surface area contributed by atoms with Gasteiger partial charge in [-0.2, -0.15) is 0 Å². The number of aldehydes is 1. The zero-order valence-corrected chi connectivity index (χ0v) is 7.60. The molecule has 0 spiro atoms. The van der Waals surface area contributed by atoms with Crippen molar-refractivity contribution in [3.63, 3.8) is 0 Å². The van der Waals surface area contributed by atoms with Gasteiger partial charge >= 0.3 is 0 Å². The molecule has 2 aromatic rings. The van der Waals surface area contributed by atoms with Gasteiger partial charge in [0.25, 0.3) is 0 Å². The van der Waals surface area contributed by atoms with Gasteiger partial charge in [0.05, 0.1) is 0 Å². The Kier molecular flexibility index (Phi) is 2.10. The molecule has 0 atom stereocenters. The Balaban J connectivity index is 2.55. The van der Waals surface area contributed by atoms with E-state index in [-0.39, 0.29) is 0 Å². The number of aryl methyl sites for hydroxylation is 1. The standard InChI is InChI=1S/C10H8N2O2/c1-7-4-10(12-14-7)9-5-11-3-2-8(9)6-13/h2-6H,1H3. The Morgan fingerprint density at radius 1 is 1.50 bits per heavy atom. The van der Waals surface area contributed by atoms with Gasteiger partial charge in [-0.1, -0.05) is 5.16 Å². The predicted molar refractivity (Wildman–Crippen MR) is 49.9 cm³/mol. The Labute approximate surface area is 80.6 Å². The molecule has 2 heterocycles. The van der Waals surface area contributed by atoms with Crippen LogP contribution in [0.25, 0.3) is 11.3 Å². The molecular formula is C10H8N2O2. The number of aromatic nitrogens is 2. The van der Waals surface area contributed by atoms with Crippen molar-refractivity contribution in [1.82, 2.24) is 10.1 Å². The molecule has 0 amide bonds. The van der Waals surface area contributed by atoms with Crippen molar-refractivity contribution in [3.05, 3.63) is 35.9 Å². The molecule has 0 saturated heterocycles. The number of nitrogens with zero attached hydrogens (tertiary/aromatic N) is 2. The van der Waals surface area contributed by atoms with Crippen LogP contribution in [0.2, 0.25) is 0 Å². The van der Waals surface area contributed by atoms with Crippen LogP contribution in [0, 0.1) is 6.92 Å². The first-order valence-corrected chi connectivity index (χ1v) is 4.14. The van der Waals surface area contributed by atoms with Crippen LogP contribution >= 0.6 is 0 Å². The van der Waals surface area contributed by atoms with Gasteiger partial charge in [0.1, 0.15) is 11.5 Å². The zero-order valence-electron chi connectivity index (χ0n) is 7.60. The number of hydrogen-bond acceptors (Lipinski definition) is 4. The summed E-state index contributed by atoms with van der Waals surface area (Å²) in [6.45, 7) is 1.80. The molecule has 4 heteroatoms. The van der Waals surface area contributed by atoms with Gasteiger partial charge in [-0.3, -0.25) is 9.78 Å². The van der Waals surface area contributed by atoms with Crippen LogP contribution in [0.3, 0.4) is 0 Å². The fraction of sp³-hybridized carbons (Fsp3) is 0.100. The Morgan fingerprint density at radius 2 is 2.36 bits per heavy atom. The molecule has 0 aliphatic rings. The molecule has 0 aliphatic heterocycles. The minimum Gasteiger partial charge on any atom is -0.361 e. The molecule has 0 bridgehead atoms. The zero-order chi connectivity index (χ0) is 9.97. The number of rotatable bonds is 2. The summed E-state index contributed by atoms with van der Waals surface area (Å²) in [5.74, 6) is 0.709. The summed E-state index contributed by atoms with van der Waals surface area (Å²) >= 11 is 0. The fourth-order valence-electron chi connectivity index (χ4n) is 1.22. The minimum atomic E-state index is 0.563. The lowest BCUT2D eigenvalue weighted by Gasteiger charge is -1.97. The maximum atomic E-state index is 10.7. The van der Waals surface area contributed by atoms with Crippen molar-refractivity contribution in [2.24, 2.45) is 0 Å². The van der Waals surface area contributed by atoms with Crippen LogP contribution < -0.4 is 0 Å². The normalized spacial score (nSPS) is 10.1. The van der Waals surface area contributed by atoms with Crippen LogP contribution in [0.5, 0.6) is 0 Å². The Hall–Kier alpha value is -1.97. The molecule has 0 saturated carbocycles. The monoisotopic (exact) mass is 188 g/mol. The van der Waals surface area contributed by atoms with E-state index >= 15 is 0 Å². The number of carbonyl (C=O) groups excluding carboxylic acids is 1. The maximum absolute atomic E-state index is 10.7. The van der Waals surface area contributed by atoms with E-state index < -0.39 is 0 Å². The third-order valence-corrected chi connectivity index (χ3v) is 1.89. The van der Waals surface area contributed by atoms with Crippen LogP contribution in [0.15, 0.2) is 29.0 Å². The lowest BCUT2D eigenvalue weighted by molar-refractivity contribution is 0.112. The topological polar surface area (TPSA) is 56.0 Å². The average molecular weight is 188 g/mol. The highest BCUT2D eigenvalue weighted by atomic mass is 16.5. The number of hydrogen-bond donors (Lipinski definition) is 0. The first-order valence-electron chi connectivity index (χ1n) is 4.14. The molecule has 0 fully saturated rings. The van der Waals surface area contributed by atoms with Gasteiger partial charge in [0.2, 0.25) is 0 Å². The fourth-order valence-corrected chi connectivity index (χ4v) is 1.22. The average Bonchev–Trinajstić information content (AvgIpc) is 2.65. The molecule has 2 aromatic heterocycles. The molecule has 0 radical (unpaired) electrons. The molecular weight excluding hydrogens is 180 g/mol. The Bertz CT molecular complexity index is 463. The van der Waals surface area contributed by atoms with E-state index in [9.17, 15) is 4.79 Å². The molecule has 0 aromatic carbocycles. The van der Waals surface area contributed by atoms with E-state index in [4.69, 9.17) is 4.52 Å². The molecule has 0 aliphatic carbocycles. The highest BCUT2D eigenvalue weighted by Crippen LogP contribution is 2.20. The van der Waals surface area contributed by atoms with Crippen molar-refractivity contribution in [2.45, 2.75) is 6.92 Å². The molecule has 70 valence electrons. The first-order chi connectivity index (χ1) is 6.81. The summed E-state index contributed by atoms with van der Waals surface area (Å²) < 4.78 is 4.92. The largest absolute Gasteiger partial charge is 0.361 e. The lowest BCUT2D eigenvalue weighted by atomic mass is 10.1. The van der Waals surface area contributed by atoms with E-state index in [0.717, 1.165) is 6.29 Å². The van der Waals surface area contributed by atoms with Crippen molar-refractivity contribution in [3.8, 4) is 11.3 Å². The van der Waals surface area contributed by atoms with Crippen molar-refractivity contribution >= 4 is 6.29 Å². The summed E-state index contributed by atoms with van der Waals surface area (Å²) in [5.41, 5.74) is 1.89. The Morgan fingerprint density at radius 3 is 3.00 bits per heavy atom. The number of carbonyl (C=O) groups is 1. The highest BCUT2D eigenvalue weighted by molar-refractivity contribution is 5.85. The quantitative estimate of drug-likeness (QED) is 0.675. The van der Waals surface area contributed by atoms with E-state index in [2.05, 4.69) is 10.1 Å². The third kappa shape index (κ3) is 1.42. The van der Waals surface area contributed by atoms with E-state index in [1.54, 1.807) is 31.5 Å². The highest BCUT2D eigenvalue weighted by Gasteiger charge is 2.08. The second-order valence-electron chi connectivity index (χ2n) is 2.90. The second kappa shape index (κ2) is 3.41. The summed E-state index contributed by atoms with van der Waals surface area (Å²) in [5, 5.41) is 3.82. The molecule has 0 N–H and O–H groups in total. The van der Waals surface area contributed by atoms with Crippen LogP contribution in [0.4, 0.5) is 0 Å². The van der Waals surface area contributed by atoms with Gasteiger partial charge in [-0.25, -0.2) is 0 Å². The van der Waals surface area contributed by atoms with Crippen molar-refractivity contribution < 1.29 is 9.32 Å². The summed E-state index contributed by atoms with van der Waals surface area (Å²) in [6.07, 6.45) is 3.95. The minimum absolute atomic E-state index is 0.563. The van der Waals surface area contributed by atoms with Crippen LogP contribution in [-0.2, 0) is 0 Å². The summed E-state index contributed by atoms with van der Waals surface area (Å²) in [4.78, 5) is 14.7.